The van der Waals surface area contributed by atoms with Crippen molar-refractivity contribution in [2.24, 2.45) is 4.99 Å². The van der Waals surface area contributed by atoms with Gasteiger partial charge in [-0.15, -0.1) is 0 Å². The molecule has 0 aromatic carbocycles. The molecular formula is C12H19N3O2. The van der Waals surface area contributed by atoms with E-state index in [1.165, 1.54) is 19.3 Å². The van der Waals surface area contributed by atoms with Crippen LogP contribution in [0, 0.1) is 0 Å². The van der Waals surface area contributed by atoms with Crippen LogP contribution in [0.2, 0.25) is 0 Å². The molecule has 1 aliphatic carbocycles. The zero-order valence-electron chi connectivity index (χ0n) is 9.97. The third-order valence-corrected chi connectivity index (χ3v) is 3.05. The maximum atomic E-state index is 11.5. The van der Waals surface area contributed by atoms with Gasteiger partial charge in [0.05, 0.1) is 6.34 Å². The lowest BCUT2D eigenvalue weighted by atomic mass is 9.96. The number of nitrogens with one attached hydrogen (secondary N) is 1. The molecule has 2 rings (SSSR count). The van der Waals surface area contributed by atoms with Gasteiger partial charge in [0.25, 0.3) is 0 Å². The molecule has 0 bridgehead atoms. The largest absolute Gasteiger partial charge is 0.428 e. The van der Waals surface area contributed by atoms with Gasteiger partial charge in [0, 0.05) is 18.8 Å². The van der Waals surface area contributed by atoms with Crippen LogP contribution < -0.4 is 5.32 Å². The molecule has 0 unspecified atom stereocenters. The molecule has 0 atom stereocenters. The molecule has 94 valence electrons. The molecule has 5 heteroatoms. The molecule has 1 aliphatic heterocycles. The summed E-state index contributed by atoms with van der Waals surface area (Å²) in [7, 11) is 0. The first-order valence-corrected chi connectivity index (χ1v) is 6.20. The Morgan fingerprint density at radius 3 is 2.94 bits per heavy atom. The Labute approximate surface area is 102 Å². The van der Waals surface area contributed by atoms with Gasteiger partial charge in [0.1, 0.15) is 0 Å². The van der Waals surface area contributed by atoms with Gasteiger partial charge in [-0.25, -0.2) is 9.79 Å². The van der Waals surface area contributed by atoms with E-state index in [0.717, 1.165) is 19.4 Å². The van der Waals surface area contributed by atoms with Crippen LogP contribution >= 0.6 is 0 Å². The quantitative estimate of drug-likeness (QED) is 0.815. The number of carbonyl (C=O) groups is 1. The SMILES string of the molecule is O=C(NC1CCCCC1)OCN1C=NC=CC1. The van der Waals surface area contributed by atoms with Gasteiger partial charge in [-0.05, 0) is 18.9 Å². The van der Waals surface area contributed by atoms with Crippen molar-refractivity contribution < 1.29 is 9.53 Å². The summed E-state index contributed by atoms with van der Waals surface area (Å²) in [5, 5.41) is 2.91. The van der Waals surface area contributed by atoms with Gasteiger partial charge in [-0.2, -0.15) is 0 Å². The van der Waals surface area contributed by atoms with Crippen molar-refractivity contribution in [3.05, 3.63) is 12.3 Å². The van der Waals surface area contributed by atoms with Crippen LogP contribution in [-0.4, -0.2) is 36.6 Å². The summed E-state index contributed by atoms with van der Waals surface area (Å²) in [6, 6.07) is 0.297. The van der Waals surface area contributed by atoms with Crippen molar-refractivity contribution in [3.8, 4) is 0 Å². The maximum absolute atomic E-state index is 11.5. The van der Waals surface area contributed by atoms with E-state index in [2.05, 4.69) is 10.3 Å². The molecule has 5 nitrogen and oxygen atoms in total. The minimum Gasteiger partial charge on any atom is -0.428 e. The van der Waals surface area contributed by atoms with Gasteiger partial charge in [0.2, 0.25) is 0 Å². The lowest BCUT2D eigenvalue weighted by Gasteiger charge is -2.24. The third-order valence-electron chi connectivity index (χ3n) is 3.05. The highest BCUT2D eigenvalue weighted by molar-refractivity contribution is 5.68. The Balaban J connectivity index is 1.63. The van der Waals surface area contributed by atoms with Crippen molar-refractivity contribution in [1.29, 1.82) is 0 Å². The van der Waals surface area contributed by atoms with E-state index in [4.69, 9.17) is 4.74 Å². The Morgan fingerprint density at radius 2 is 2.24 bits per heavy atom. The lowest BCUT2D eigenvalue weighted by Crippen LogP contribution is -2.38. The molecule has 1 heterocycles. The normalized spacial score (nSPS) is 20.4. The van der Waals surface area contributed by atoms with Crippen LogP contribution in [-0.2, 0) is 4.74 Å². The molecule has 2 aliphatic rings. The summed E-state index contributed by atoms with van der Waals surface area (Å²) in [4.78, 5) is 17.3. The molecule has 1 amide bonds. The smallest absolute Gasteiger partial charge is 0.409 e. The highest BCUT2D eigenvalue weighted by atomic mass is 16.6. The number of amides is 1. The second kappa shape index (κ2) is 6.27. The second-order valence-corrected chi connectivity index (χ2v) is 4.46. The number of hydrogen-bond acceptors (Lipinski definition) is 4. The molecular weight excluding hydrogens is 218 g/mol. The number of alkyl carbamates (subject to hydrolysis) is 1. The standard InChI is InChI=1S/C12H19N3O2/c16-12(14-11-5-2-1-3-6-11)17-10-15-8-4-7-13-9-15/h4,7,9,11H,1-3,5-6,8,10H2,(H,14,16). The molecule has 0 spiro atoms. The fraction of sp³-hybridized carbons (Fsp3) is 0.667. The minimum absolute atomic E-state index is 0.256. The van der Waals surface area contributed by atoms with E-state index in [0.29, 0.717) is 6.04 Å². The number of hydrogen-bond donors (Lipinski definition) is 1. The van der Waals surface area contributed by atoms with Gasteiger partial charge in [-0.3, -0.25) is 0 Å². The summed E-state index contributed by atoms with van der Waals surface area (Å²) in [5.74, 6) is 0. The topological polar surface area (TPSA) is 53.9 Å². The molecule has 1 N–H and O–H groups in total. The first-order valence-electron chi connectivity index (χ1n) is 6.20. The number of carbonyl (C=O) groups excluding carboxylic acids is 1. The van der Waals surface area contributed by atoms with E-state index in [9.17, 15) is 4.79 Å². The molecule has 0 aromatic heterocycles. The van der Waals surface area contributed by atoms with E-state index in [1.807, 2.05) is 11.0 Å². The average Bonchev–Trinajstić information content (AvgIpc) is 2.39. The number of rotatable bonds is 3. The summed E-state index contributed by atoms with van der Waals surface area (Å²) >= 11 is 0. The Hall–Kier alpha value is -1.52. The Kier molecular flexibility index (Phi) is 4.41. The predicted octanol–water partition coefficient (Wildman–Crippen LogP) is 1.86. The molecule has 17 heavy (non-hydrogen) atoms. The number of ether oxygens (including phenoxy) is 1. The van der Waals surface area contributed by atoms with Crippen LogP contribution in [0.1, 0.15) is 32.1 Å². The van der Waals surface area contributed by atoms with Crippen molar-refractivity contribution in [2.45, 2.75) is 38.1 Å². The minimum atomic E-state index is -0.320. The fourth-order valence-corrected chi connectivity index (χ4v) is 2.11. The van der Waals surface area contributed by atoms with Crippen molar-refractivity contribution in [2.75, 3.05) is 13.3 Å². The van der Waals surface area contributed by atoms with E-state index in [1.54, 1.807) is 12.5 Å². The van der Waals surface area contributed by atoms with Gasteiger partial charge in [0.15, 0.2) is 6.73 Å². The molecule has 0 aromatic rings. The average molecular weight is 237 g/mol. The summed E-state index contributed by atoms with van der Waals surface area (Å²) in [5.41, 5.74) is 0. The predicted molar refractivity (Wildman–Crippen MR) is 65.7 cm³/mol. The summed E-state index contributed by atoms with van der Waals surface area (Å²) in [6.07, 6.45) is 10.8. The van der Waals surface area contributed by atoms with Gasteiger partial charge < -0.3 is 15.0 Å². The Bertz CT molecular complexity index is 309. The zero-order valence-corrected chi connectivity index (χ0v) is 9.97. The molecule has 1 saturated carbocycles. The van der Waals surface area contributed by atoms with Crippen LogP contribution in [0.5, 0.6) is 0 Å². The highest BCUT2D eigenvalue weighted by Crippen LogP contribution is 2.17. The first-order chi connectivity index (χ1) is 8.34. The molecule has 1 fully saturated rings. The van der Waals surface area contributed by atoms with Gasteiger partial charge >= 0.3 is 6.09 Å². The van der Waals surface area contributed by atoms with E-state index >= 15 is 0 Å². The number of nitrogens with zero attached hydrogens (tertiary/aromatic N) is 2. The Morgan fingerprint density at radius 1 is 1.41 bits per heavy atom. The van der Waals surface area contributed by atoms with Crippen molar-refractivity contribution in [1.82, 2.24) is 10.2 Å². The molecule has 0 saturated heterocycles. The summed E-state index contributed by atoms with van der Waals surface area (Å²) in [6.45, 7) is 0.993. The van der Waals surface area contributed by atoms with Crippen LogP contribution in [0.25, 0.3) is 0 Å². The lowest BCUT2D eigenvalue weighted by molar-refractivity contribution is 0.103. The van der Waals surface area contributed by atoms with Crippen molar-refractivity contribution in [3.63, 3.8) is 0 Å². The van der Waals surface area contributed by atoms with Crippen LogP contribution in [0.4, 0.5) is 4.79 Å². The van der Waals surface area contributed by atoms with Crippen molar-refractivity contribution >= 4 is 12.4 Å². The van der Waals surface area contributed by atoms with E-state index < -0.39 is 0 Å². The monoisotopic (exact) mass is 237 g/mol. The third kappa shape index (κ3) is 4.09. The van der Waals surface area contributed by atoms with Crippen LogP contribution in [0.3, 0.4) is 0 Å². The number of aliphatic imine (C=N–C) groups is 1. The van der Waals surface area contributed by atoms with Gasteiger partial charge in [-0.1, -0.05) is 19.3 Å². The second-order valence-electron chi connectivity index (χ2n) is 4.46. The fourth-order valence-electron chi connectivity index (χ4n) is 2.11. The first kappa shape index (κ1) is 12.0. The maximum Gasteiger partial charge on any atom is 0.409 e. The zero-order chi connectivity index (χ0) is 11.9. The van der Waals surface area contributed by atoms with E-state index in [-0.39, 0.29) is 12.8 Å². The molecule has 0 radical (unpaired) electrons. The van der Waals surface area contributed by atoms with Crippen LogP contribution in [0.15, 0.2) is 17.3 Å². The summed E-state index contributed by atoms with van der Waals surface area (Å²) < 4.78 is 5.13. The highest BCUT2D eigenvalue weighted by Gasteiger charge is 2.16.